The van der Waals surface area contributed by atoms with E-state index in [0.29, 0.717) is 25.1 Å². The zero-order valence-corrected chi connectivity index (χ0v) is 16.5. The fourth-order valence-corrected chi connectivity index (χ4v) is 3.58. The Labute approximate surface area is 170 Å². The van der Waals surface area contributed by atoms with Gasteiger partial charge in [0, 0.05) is 16.6 Å². The molecular formula is C20H18BrN5O2. The molecule has 3 N–H and O–H groups in total. The van der Waals surface area contributed by atoms with Crippen molar-refractivity contribution >= 4 is 33.4 Å². The number of rotatable bonds is 4. The lowest BCUT2D eigenvalue weighted by Gasteiger charge is -2.14. The minimum absolute atomic E-state index is 0.100. The topological polar surface area (TPSA) is 99.8 Å². The molecular weight excluding hydrogens is 422 g/mol. The van der Waals surface area contributed by atoms with E-state index >= 15 is 0 Å². The van der Waals surface area contributed by atoms with Crippen LogP contribution in [0.1, 0.15) is 34.0 Å². The molecule has 0 bridgehead atoms. The van der Waals surface area contributed by atoms with Crippen LogP contribution < -0.4 is 10.6 Å². The van der Waals surface area contributed by atoms with Gasteiger partial charge in [0.15, 0.2) is 0 Å². The highest BCUT2D eigenvalue weighted by atomic mass is 79.9. The molecule has 8 heteroatoms. The van der Waals surface area contributed by atoms with Crippen LogP contribution in [0.2, 0.25) is 0 Å². The summed E-state index contributed by atoms with van der Waals surface area (Å²) in [4.78, 5) is 28.0. The summed E-state index contributed by atoms with van der Waals surface area (Å²) in [5.41, 5.74) is 2.87. The molecule has 0 aliphatic carbocycles. The third kappa shape index (κ3) is 4.12. The highest BCUT2D eigenvalue weighted by Crippen LogP contribution is 2.25. The minimum atomic E-state index is -0.638. The van der Waals surface area contributed by atoms with Crippen molar-refractivity contribution in [2.45, 2.75) is 25.3 Å². The van der Waals surface area contributed by atoms with Crippen molar-refractivity contribution in [3.05, 3.63) is 75.8 Å². The van der Waals surface area contributed by atoms with Crippen LogP contribution in [-0.4, -0.2) is 33.0 Å². The molecule has 2 amide bonds. The van der Waals surface area contributed by atoms with Gasteiger partial charge in [-0.3, -0.25) is 9.59 Å². The molecule has 0 fully saturated rings. The maximum absolute atomic E-state index is 12.5. The fourth-order valence-electron chi connectivity index (χ4n) is 3.17. The summed E-state index contributed by atoms with van der Waals surface area (Å²) in [6.07, 6.45) is 1.73. The van der Waals surface area contributed by atoms with Gasteiger partial charge in [-0.05, 0) is 42.2 Å². The standard InChI is InChI=1S/C20H18BrN5O2/c21-14-7-9-15-13(11-14)6-8-16(19(27)22-15)23-20(28)18-24-17(25-26-18)10-12-4-2-1-3-5-12/h1-5,7,9,11,16H,6,8,10H2,(H,22,27)(H,23,28)(H,24,25,26). The van der Waals surface area contributed by atoms with Crippen molar-refractivity contribution in [2.24, 2.45) is 0 Å². The van der Waals surface area contributed by atoms with Crippen molar-refractivity contribution in [2.75, 3.05) is 5.32 Å². The van der Waals surface area contributed by atoms with Gasteiger partial charge in [0.2, 0.25) is 11.7 Å². The number of anilines is 1. The van der Waals surface area contributed by atoms with Crippen LogP contribution in [0.15, 0.2) is 53.0 Å². The summed E-state index contributed by atoms with van der Waals surface area (Å²) in [5, 5.41) is 13.6. The molecule has 142 valence electrons. The van der Waals surface area contributed by atoms with Crippen LogP contribution in [-0.2, 0) is 17.6 Å². The Bertz CT molecular complexity index is 1020. The number of carbonyl (C=O) groups is 2. The number of aromatic nitrogens is 3. The highest BCUT2D eigenvalue weighted by Gasteiger charge is 2.26. The molecule has 1 unspecified atom stereocenters. The Balaban J connectivity index is 1.42. The van der Waals surface area contributed by atoms with Crippen LogP contribution in [0.4, 0.5) is 5.69 Å². The Kier molecular flexibility index (Phi) is 5.21. The number of hydrogen-bond acceptors (Lipinski definition) is 4. The van der Waals surface area contributed by atoms with Crippen LogP contribution in [0, 0.1) is 0 Å². The summed E-state index contributed by atoms with van der Waals surface area (Å²) in [7, 11) is 0. The summed E-state index contributed by atoms with van der Waals surface area (Å²) in [6, 6.07) is 14.9. The predicted octanol–water partition coefficient (Wildman–Crippen LogP) is 2.84. The van der Waals surface area contributed by atoms with E-state index in [1.807, 2.05) is 48.5 Å². The summed E-state index contributed by atoms with van der Waals surface area (Å²) < 4.78 is 0.954. The number of H-pyrrole nitrogens is 1. The van der Waals surface area contributed by atoms with Gasteiger partial charge in [-0.25, -0.2) is 0 Å². The van der Waals surface area contributed by atoms with Crippen molar-refractivity contribution in [3.8, 4) is 0 Å². The largest absolute Gasteiger partial charge is 0.337 e. The lowest BCUT2D eigenvalue weighted by atomic mass is 10.1. The first kappa shape index (κ1) is 18.4. The maximum Gasteiger partial charge on any atom is 0.289 e. The Morgan fingerprint density at radius 1 is 1.18 bits per heavy atom. The number of halogens is 1. The third-order valence-electron chi connectivity index (χ3n) is 4.61. The van der Waals surface area contributed by atoms with E-state index in [1.54, 1.807) is 0 Å². The molecule has 0 spiro atoms. The van der Waals surface area contributed by atoms with Gasteiger partial charge in [-0.2, -0.15) is 0 Å². The van der Waals surface area contributed by atoms with Gasteiger partial charge in [0.1, 0.15) is 11.9 Å². The smallest absolute Gasteiger partial charge is 0.289 e. The summed E-state index contributed by atoms with van der Waals surface area (Å²) in [6.45, 7) is 0. The van der Waals surface area contributed by atoms with E-state index in [9.17, 15) is 9.59 Å². The molecule has 2 aromatic carbocycles. The van der Waals surface area contributed by atoms with Crippen LogP contribution >= 0.6 is 15.9 Å². The number of carbonyl (C=O) groups excluding carboxylic acids is 2. The molecule has 1 atom stereocenters. The number of nitrogens with one attached hydrogen (secondary N) is 3. The number of aryl methyl sites for hydroxylation is 1. The molecule has 2 heterocycles. The van der Waals surface area contributed by atoms with Gasteiger partial charge in [0.25, 0.3) is 5.91 Å². The van der Waals surface area contributed by atoms with Crippen molar-refractivity contribution in [3.63, 3.8) is 0 Å². The average molecular weight is 440 g/mol. The van der Waals surface area contributed by atoms with E-state index in [2.05, 4.69) is 41.7 Å². The third-order valence-corrected chi connectivity index (χ3v) is 5.11. The molecule has 0 saturated heterocycles. The van der Waals surface area contributed by atoms with Crippen LogP contribution in [0.25, 0.3) is 0 Å². The Hall–Kier alpha value is -3.00. The van der Waals surface area contributed by atoms with Crippen molar-refractivity contribution < 1.29 is 9.59 Å². The SMILES string of the molecule is O=C(NC1CCc2cc(Br)ccc2NC1=O)c1nnc(Cc2ccccc2)[nH]1. The van der Waals surface area contributed by atoms with Crippen molar-refractivity contribution in [1.29, 1.82) is 0 Å². The second kappa shape index (κ2) is 7.93. The zero-order valence-electron chi connectivity index (χ0n) is 14.9. The molecule has 7 nitrogen and oxygen atoms in total. The second-order valence-electron chi connectivity index (χ2n) is 6.64. The number of amides is 2. The summed E-state index contributed by atoms with van der Waals surface area (Å²) in [5.74, 6) is 0.0136. The van der Waals surface area contributed by atoms with Gasteiger partial charge in [-0.1, -0.05) is 46.3 Å². The quantitative estimate of drug-likeness (QED) is 0.581. The van der Waals surface area contributed by atoms with E-state index < -0.39 is 11.9 Å². The molecule has 0 saturated carbocycles. The van der Waals surface area contributed by atoms with Gasteiger partial charge < -0.3 is 15.6 Å². The van der Waals surface area contributed by atoms with Gasteiger partial charge in [0.05, 0.1) is 0 Å². The first-order chi connectivity index (χ1) is 13.6. The highest BCUT2D eigenvalue weighted by molar-refractivity contribution is 9.10. The van der Waals surface area contributed by atoms with E-state index in [0.717, 1.165) is 21.3 Å². The van der Waals surface area contributed by atoms with Crippen LogP contribution in [0.3, 0.4) is 0 Å². The molecule has 4 rings (SSSR count). The maximum atomic E-state index is 12.5. The first-order valence-corrected chi connectivity index (χ1v) is 9.73. The number of benzene rings is 2. The van der Waals surface area contributed by atoms with Crippen molar-refractivity contribution in [1.82, 2.24) is 20.5 Å². The predicted molar refractivity (Wildman–Crippen MR) is 108 cm³/mol. The number of hydrogen-bond donors (Lipinski definition) is 3. The molecule has 28 heavy (non-hydrogen) atoms. The number of nitrogens with zero attached hydrogens (tertiary/aromatic N) is 2. The normalized spacial score (nSPS) is 16.0. The van der Waals surface area contributed by atoms with Gasteiger partial charge >= 0.3 is 0 Å². The molecule has 1 aliphatic rings. The van der Waals surface area contributed by atoms with Gasteiger partial charge in [-0.15, -0.1) is 10.2 Å². The van der Waals surface area contributed by atoms with Crippen LogP contribution in [0.5, 0.6) is 0 Å². The molecule has 1 aliphatic heterocycles. The van der Waals surface area contributed by atoms with E-state index in [1.165, 1.54) is 0 Å². The minimum Gasteiger partial charge on any atom is -0.337 e. The zero-order chi connectivity index (χ0) is 19.5. The monoisotopic (exact) mass is 439 g/mol. The molecule has 3 aromatic rings. The average Bonchev–Trinajstić information content (AvgIpc) is 3.10. The number of aromatic amines is 1. The lowest BCUT2D eigenvalue weighted by Crippen LogP contribution is -2.43. The first-order valence-electron chi connectivity index (χ1n) is 8.94. The van der Waals surface area contributed by atoms with E-state index in [-0.39, 0.29) is 11.7 Å². The molecule has 0 radical (unpaired) electrons. The summed E-state index contributed by atoms with van der Waals surface area (Å²) >= 11 is 3.44. The van der Waals surface area contributed by atoms with E-state index in [4.69, 9.17) is 0 Å². The lowest BCUT2D eigenvalue weighted by molar-refractivity contribution is -0.118. The molecule has 1 aromatic heterocycles. The Morgan fingerprint density at radius 2 is 2.00 bits per heavy atom. The Morgan fingerprint density at radius 3 is 2.82 bits per heavy atom. The number of fused-ring (bicyclic) bond motifs is 1. The fraction of sp³-hybridized carbons (Fsp3) is 0.200. The second-order valence-corrected chi connectivity index (χ2v) is 7.55.